The Kier molecular flexibility index (Phi) is 4.36. The van der Waals surface area contributed by atoms with Crippen LogP contribution in [0.1, 0.15) is 17.5 Å². The molecule has 1 aliphatic heterocycles. The second-order valence-corrected chi connectivity index (χ2v) is 10.1. The van der Waals surface area contributed by atoms with E-state index in [2.05, 4.69) is 0 Å². The van der Waals surface area contributed by atoms with Crippen LogP contribution in [0.4, 0.5) is 10.1 Å². The molecule has 0 atom stereocenters. The van der Waals surface area contributed by atoms with Gasteiger partial charge in [-0.05, 0) is 61.2 Å². The molecule has 134 valence electrons. The predicted molar refractivity (Wildman–Crippen MR) is 93.5 cm³/mol. The highest BCUT2D eigenvalue weighted by Crippen LogP contribution is 2.35. The van der Waals surface area contributed by atoms with E-state index in [0.29, 0.717) is 18.4 Å². The number of anilines is 1. The number of aryl methyl sites for hydroxylation is 2. The van der Waals surface area contributed by atoms with Gasteiger partial charge in [0.05, 0.1) is 15.5 Å². The van der Waals surface area contributed by atoms with Gasteiger partial charge in [0, 0.05) is 12.8 Å². The monoisotopic (exact) mass is 383 g/mol. The van der Waals surface area contributed by atoms with Crippen molar-refractivity contribution in [1.29, 1.82) is 0 Å². The maximum Gasteiger partial charge on any atom is 0.264 e. The number of benzene rings is 2. The summed E-state index contributed by atoms with van der Waals surface area (Å²) in [4.78, 5) is -0.0278. The van der Waals surface area contributed by atoms with Crippen molar-refractivity contribution in [3.63, 3.8) is 0 Å². The Morgan fingerprint density at radius 2 is 1.60 bits per heavy atom. The normalized spacial score (nSPS) is 15.1. The summed E-state index contributed by atoms with van der Waals surface area (Å²) in [6.45, 7) is 1.95. The van der Waals surface area contributed by atoms with Gasteiger partial charge >= 0.3 is 0 Å². The zero-order valence-corrected chi connectivity index (χ0v) is 15.5. The minimum absolute atomic E-state index is 0.0345. The summed E-state index contributed by atoms with van der Waals surface area (Å²) in [5, 5.41) is 0. The van der Waals surface area contributed by atoms with Crippen LogP contribution in [-0.4, -0.2) is 29.6 Å². The van der Waals surface area contributed by atoms with Gasteiger partial charge in [0.25, 0.3) is 10.0 Å². The summed E-state index contributed by atoms with van der Waals surface area (Å²) in [6, 6.07) is 8.10. The Labute approximate surface area is 147 Å². The highest BCUT2D eigenvalue weighted by Gasteiger charge is 2.31. The molecule has 0 spiro atoms. The zero-order chi connectivity index (χ0) is 18.4. The number of sulfone groups is 1. The topological polar surface area (TPSA) is 71.5 Å². The molecule has 0 N–H and O–H groups in total. The van der Waals surface area contributed by atoms with E-state index in [-0.39, 0.29) is 22.0 Å². The van der Waals surface area contributed by atoms with Crippen LogP contribution in [0.15, 0.2) is 46.2 Å². The third-order valence-corrected chi connectivity index (χ3v) is 7.13. The van der Waals surface area contributed by atoms with Gasteiger partial charge in [0.15, 0.2) is 9.84 Å². The van der Waals surface area contributed by atoms with Crippen molar-refractivity contribution in [3.8, 4) is 0 Å². The van der Waals surface area contributed by atoms with Crippen LogP contribution in [0.3, 0.4) is 0 Å². The Morgan fingerprint density at radius 1 is 1.00 bits per heavy atom. The summed E-state index contributed by atoms with van der Waals surface area (Å²) < 4.78 is 64.5. The van der Waals surface area contributed by atoms with Gasteiger partial charge in [-0.15, -0.1) is 0 Å². The van der Waals surface area contributed by atoms with E-state index in [1.807, 2.05) is 0 Å². The lowest BCUT2D eigenvalue weighted by Gasteiger charge is -2.31. The van der Waals surface area contributed by atoms with Crippen molar-refractivity contribution < 1.29 is 21.2 Å². The minimum atomic E-state index is -3.97. The summed E-state index contributed by atoms with van der Waals surface area (Å²) in [5.41, 5.74) is 1.50. The number of hydrogen-bond donors (Lipinski definition) is 0. The Hall–Kier alpha value is -1.93. The highest BCUT2D eigenvalue weighted by atomic mass is 32.2. The fraction of sp³-hybridized carbons (Fsp3) is 0.294. The summed E-state index contributed by atoms with van der Waals surface area (Å²) >= 11 is 0. The smallest absolute Gasteiger partial charge is 0.263 e. The van der Waals surface area contributed by atoms with Gasteiger partial charge in [-0.3, -0.25) is 4.31 Å². The van der Waals surface area contributed by atoms with Crippen LogP contribution in [-0.2, 0) is 26.3 Å². The summed E-state index contributed by atoms with van der Waals surface area (Å²) in [6.07, 6.45) is 2.26. The molecule has 8 heteroatoms. The van der Waals surface area contributed by atoms with Crippen molar-refractivity contribution in [2.45, 2.75) is 29.6 Å². The molecule has 0 radical (unpaired) electrons. The lowest BCUT2D eigenvalue weighted by molar-refractivity contribution is 0.576. The van der Waals surface area contributed by atoms with Crippen LogP contribution in [0, 0.1) is 12.7 Å². The van der Waals surface area contributed by atoms with E-state index in [1.165, 1.54) is 30.3 Å². The molecule has 0 amide bonds. The minimum Gasteiger partial charge on any atom is -0.263 e. The molecule has 0 aliphatic carbocycles. The van der Waals surface area contributed by atoms with Crippen molar-refractivity contribution in [3.05, 3.63) is 53.3 Å². The molecule has 0 aromatic heterocycles. The van der Waals surface area contributed by atoms with Gasteiger partial charge in [-0.25, -0.2) is 21.2 Å². The van der Waals surface area contributed by atoms with Gasteiger partial charge < -0.3 is 0 Å². The number of halogens is 1. The molecule has 1 heterocycles. The van der Waals surface area contributed by atoms with E-state index >= 15 is 0 Å². The summed E-state index contributed by atoms with van der Waals surface area (Å²) in [5.74, 6) is -0.564. The van der Waals surface area contributed by atoms with Gasteiger partial charge in [0.1, 0.15) is 5.82 Å². The quantitative estimate of drug-likeness (QED) is 0.817. The molecule has 0 saturated carbocycles. The average Bonchev–Trinajstić information content (AvgIpc) is 2.53. The van der Waals surface area contributed by atoms with Gasteiger partial charge in [-0.2, -0.15) is 0 Å². The fourth-order valence-corrected chi connectivity index (χ4v) is 5.21. The molecule has 0 saturated heterocycles. The Morgan fingerprint density at radius 3 is 2.20 bits per heavy atom. The van der Waals surface area contributed by atoms with Crippen molar-refractivity contribution in [2.24, 2.45) is 0 Å². The van der Waals surface area contributed by atoms with Crippen molar-refractivity contribution >= 4 is 25.5 Å². The molecular formula is C17H18FNO4S2. The number of sulfonamides is 1. The number of hydrogen-bond acceptors (Lipinski definition) is 4. The average molecular weight is 383 g/mol. The van der Waals surface area contributed by atoms with Crippen LogP contribution in [0.5, 0.6) is 0 Å². The lowest BCUT2D eigenvalue weighted by Crippen LogP contribution is -2.36. The summed E-state index contributed by atoms with van der Waals surface area (Å²) in [7, 11) is -7.39. The molecule has 1 aliphatic rings. The first kappa shape index (κ1) is 17.9. The second kappa shape index (κ2) is 6.10. The molecule has 0 bridgehead atoms. The molecule has 3 rings (SSSR count). The molecule has 25 heavy (non-hydrogen) atoms. The number of rotatable bonds is 3. The van der Waals surface area contributed by atoms with Crippen LogP contribution in [0.25, 0.3) is 0 Å². The van der Waals surface area contributed by atoms with E-state index < -0.39 is 25.7 Å². The van der Waals surface area contributed by atoms with E-state index in [0.717, 1.165) is 16.1 Å². The van der Waals surface area contributed by atoms with Crippen LogP contribution >= 0.6 is 0 Å². The SMILES string of the molecule is Cc1cc(F)c2c(c1)CCCN2S(=O)(=O)c1ccc(S(C)(=O)=O)cc1. The maximum atomic E-state index is 14.5. The Balaban J connectivity index is 2.08. The van der Waals surface area contributed by atoms with Crippen LogP contribution in [0.2, 0.25) is 0 Å². The molecule has 0 unspecified atom stereocenters. The van der Waals surface area contributed by atoms with Crippen LogP contribution < -0.4 is 4.31 Å². The van der Waals surface area contributed by atoms with E-state index in [9.17, 15) is 21.2 Å². The van der Waals surface area contributed by atoms with E-state index in [4.69, 9.17) is 0 Å². The molecular weight excluding hydrogens is 365 g/mol. The first-order valence-corrected chi connectivity index (χ1v) is 11.1. The molecule has 0 fully saturated rings. The maximum absolute atomic E-state index is 14.5. The van der Waals surface area contributed by atoms with Gasteiger partial charge in [0.2, 0.25) is 0 Å². The fourth-order valence-electron chi connectivity index (χ4n) is 3.03. The predicted octanol–water partition coefficient (Wildman–Crippen LogP) is 2.68. The first-order chi connectivity index (χ1) is 11.6. The van der Waals surface area contributed by atoms with Crippen molar-refractivity contribution in [2.75, 3.05) is 17.1 Å². The third-order valence-electron chi connectivity index (χ3n) is 4.18. The number of nitrogens with zero attached hydrogens (tertiary/aromatic N) is 1. The lowest BCUT2D eigenvalue weighted by atomic mass is 10.0. The standard InChI is InChI=1S/C17H18FNO4S2/c1-12-10-13-4-3-9-19(17(13)16(18)11-12)25(22,23)15-7-5-14(6-8-15)24(2,20)21/h5-8,10-11H,3-4,9H2,1-2H3. The highest BCUT2D eigenvalue weighted by molar-refractivity contribution is 7.93. The molecule has 2 aromatic carbocycles. The zero-order valence-electron chi connectivity index (χ0n) is 13.9. The molecule has 2 aromatic rings. The van der Waals surface area contributed by atoms with E-state index in [1.54, 1.807) is 13.0 Å². The van der Waals surface area contributed by atoms with Crippen molar-refractivity contribution in [1.82, 2.24) is 0 Å². The largest absolute Gasteiger partial charge is 0.264 e. The number of fused-ring (bicyclic) bond motifs is 1. The Bertz CT molecular complexity index is 1030. The first-order valence-electron chi connectivity index (χ1n) is 7.72. The third kappa shape index (κ3) is 3.28. The molecule has 5 nitrogen and oxygen atoms in total. The second-order valence-electron chi connectivity index (χ2n) is 6.18. The van der Waals surface area contributed by atoms with Gasteiger partial charge in [-0.1, -0.05) is 6.07 Å².